The molecule has 2 rings (SSSR count). The Morgan fingerprint density at radius 2 is 2.07 bits per heavy atom. The van der Waals surface area contributed by atoms with E-state index in [-0.39, 0.29) is 29.7 Å². The molecule has 1 aliphatic rings. The number of ketones is 1. The Kier molecular flexibility index (Phi) is 6.80. The fourth-order valence-corrected chi connectivity index (χ4v) is 4.34. The Bertz CT molecular complexity index is 837. The molecular weight excluding hydrogens is 423 g/mol. The first-order chi connectivity index (χ1) is 12.9. The van der Waals surface area contributed by atoms with E-state index in [1.165, 1.54) is 14.0 Å². The number of carbonyl (C=O) groups excluding carboxylic acids is 2. The summed E-state index contributed by atoms with van der Waals surface area (Å²) in [6.45, 7) is 1.38. The molecule has 1 aromatic rings. The largest absolute Gasteiger partial charge is 0.422 e. The maximum Gasteiger partial charge on any atom is 0.422 e. The number of anilines is 1. The minimum Gasteiger partial charge on any atom is -0.347 e. The molecule has 1 N–H and O–H groups in total. The van der Waals surface area contributed by atoms with Gasteiger partial charge in [-0.05, 0) is 25.2 Å². The molecule has 0 saturated heterocycles. The normalized spacial score (nSPS) is 18.4. The fourth-order valence-electron chi connectivity index (χ4n) is 2.88. The first-order valence-electron chi connectivity index (χ1n) is 8.62. The molecule has 1 saturated carbocycles. The number of aromatic nitrogens is 2. The van der Waals surface area contributed by atoms with E-state index in [0.29, 0.717) is 6.29 Å². The number of hydrogen-bond acceptors (Lipinski definition) is 6. The van der Waals surface area contributed by atoms with Gasteiger partial charge < -0.3 is 14.7 Å². The van der Waals surface area contributed by atoms with Gasteiger partial charge in [-0.25, -0.2) is 13.4 Å². The van der Waals surface area contributed by atoms with Gasteiger partial charge in [0.15, 0.2) is 21.2 Å². The zero-order chi connectivity index (χ0) is 21.3. The third-order valence-electron chi connectivity index (χ3n) is 4.79. The lowest BCUT2D eigenvalue weighted by molar-refractivity contribution is -0.125. The van der Waals surface area contributed by atoms with Crippen molar-refractivity contribution in [2.24, 2.45) is 18.9 Å². The Labute approximate surface area is 165 Å². The highest BCUT2D eigenvalue weighted by Gasteiger charge is 2.42. The molecular formula is C16H21ClF3N3O4S. The van der Waals surface area contributed by atoms with Crippen LogP contribution in [0.5, 0.6) is 0 Å². The van der Waals surface area contributed by atoms with E-state index in [1.54, 1.807) is 0 Å². The zero-order valence-corrected chi connectivity index (χ0v) is 16.8. The molecule has 1 aromatic heterocycles. The van der Waals surface area contributed by atoms with E-state index in [1.807, 2.05) is 5.32 Å². The van der Waals surface area contributed by atoms with Crippen LogP contribution in [0.15, 0.2) is 6.20 Å². The van der Waals surface area contributed by atoms with Gasteiger partial charge >= 0.3 is 6.18 Å². The van der Waals surface area contributed by atoms with Crippen molar-refractivity contribution in [2.45, 2.75) is 43.1 Å². The number of nitrogens with zero attached hydrogens (tertiary/aromatic N) is 2. The lowest BCUT2D eigenvalue weighted by Gasteiger charge is -2.19. The number of carbonyl (C=O) groups is 2. The summed E-state index contributed by atoms with van der Waals surface area (Å²) < 4.78 is 63.8. The molecule has 0 amide bonds. The summed E-state index contributed by atoms with van der Waals surface area (Å²) in [4.78, 5) is 28.0. The van der Waals surface area contributed by atoms with Crippen molar-refractivity contribution < 1.29 is 31.2 Å². The molecule has 3 atom stereocenters. The van der Waals surface area contributed by atoms with E-state index in [0.717, 1.165) is 23.6 Å². The molecule has 0 spiro atoms. The molecule has 0 bridgehead atoms. The molecule has 0 aromatic carbocycles. The summed E-state index contributed by atoms with van der Waals surface area (Å²) in [7, 11) is -2.59. The molecule has 1 fully saturated rings. The summed E-state index contributed by atoms with van der Waals surface area (Å²) in [5, 5.41) is 0.491. The van der Waals surface area contributed by atoms with Gasteiger partial charge in [0.2, 0.25) is 5.78 Å². The van der Waals surface area contributed by atoms with Crippen LogP contribution < -0.4 is 5.32 Å². The highest BCUT2D eigenvalue weighted by atomic mass is 35.5. The van der Waals surface area contributed by atoms with Crippen molar-refractivity contribution in [3.63, 3.8) is 0 Å². The Hall–Kier alpha value is -1.62. The van der Waals surface area contributed by atoms with Gasteiger partial charge in [-0.15, -0.1) is 0 Å². The number of halogens is 4. The second-order valence-electron chi connectivity index (χ2n) is 6.75. The van der Waals surface area contributed by atoms with Gasteiger partial charge in [-0.2, -0.15) is 13.2 Å². The minimum absolute atomic E-state index is 0.0576. The molecule has 0 radical (unpaired) electrons. The number of sulfone groups is 1. The van der Waals surface area contributed by atoms with E-state index in [2.05, 4.69) is 4.98 Å². The number of Topliss-reactive ketones (excluding diaryl/α,β-unsaturated/α-hetero) is 1. The molecule has 12 heteroatoms. The van der Waals surface area contributed by atoms with Gasteiger partial charge in [0.25, 0.3) is 0 Å². The second-order valence-corrected chi connectivity index (χ2v) is 9.66. The number of aldehydes is 1. The second kappa shape index (κ2) is 8.40. The van der Waals surface area contributed by atoms with Crippen LogP contribution in [0.4, 0.5) is 19.0 Å². The van der Waals surface area contributed by atoms with Gasteiger partial charge in [0.05, 0.1) is 6.20 Å². The minimum atomic E-state index is -4.73. The van der Waals surface area contributed by atoms with Gasteiger partial charge in [-0.1, -0.05) is 18.5 Å². The van der Waals surface area contributed by atoms with E-state index in [9.17, 15) is 31.2 Å². The SMILES string of the molecule is CCS(=O)(=O)C(CC(C=O)C1CC1)C(=O)c1ncc(NC(Cl)C(F)(F)F)n1C. The Morgan fingerprint density at radius 1 is 1.46 bits per heavy atom. The smallest absolute Gasteiger partial charge is 0.347 e. The quantitative estimate of drug-likeness (QED) is 0.258. The van der Waals surface area contributed by atoms with Crippen LogP contribution in [0, 0.1) is 11.8 Å². The topological polar surface area (TPSA) is 98.1 Å². The third kappa shape index (κ3) is 5.05. The van der Waals surface area contributed by atoms with Crippen LogP contribution in [0.2, 0.25) is 0 Å². The number of hydrogen-bond donors (Lipinski definition) is 1. The van der Waals surface area contributed by atoms with E-state index >= 15 is 0 Å². The van der Waals surface area contributed by atoms with Gasteiger partial charge in [0.1, 0.15) is 17.4 Å². The molecule has 3 unspecified atom stereocenters. The molecule has 0 aliphatic heterocycles. The zero-order valence-electron chi connectivity index (χ0n) is 15.2. The highest BCUT2D eigenvalue weighted by Crippen LogP contribution is 2.39. The van der Waals surface area contributed by atoms with Crippen molar-refractivity contribution in [1.29, 1.82) is 0 Å². The van der Waals surface area contributed by atoms with E-state index in [4.69, 9.17) is 11.6 Å². The van der Waals surface area contributed by atoms with Gasteiger partial charge in [0, 0.05) is 18.7 Å². The first kappa shape index (κ1) is 22.7. The molecule has 1 aliphatic carbocycles. The number of nitrogens with one attached hydrogen (secondary N) is 1. The van der Waals surface area contributed by atoms with Crippen LogP contribution >= 0.6 is 11.6 Å². The predicted molar refractivity (Wildman–Crippen MR) is 97.0 cm³/mol. The molecule has 1 heterocycles. The fraction of sp³-hybridized carbons (Fsp3) is 0.688. The summed E-state index contributed by atoms with van der Waals surface area (Å²) in [5.74, 6) is -2.19. The van der Waals surface area contributed by atoms with Crippen molar-refractivity contribution in [3.05, 3.63) is 12.0 Å². The number of alkyl halides is 4. The summed E-state index contributed by atoms with van der Waals surface area (Å²) >= 11 is 5.24. The lowest BCUT2D eigenvalue weighted by Crippen LogP contribution is -2.36. The predicted octanol–water partition coefficient (Wildman–Crippen LogP) is 2.56. The average molecular weight is 444 g/mol. The van der Waals surface area contributed by atoms with Crippen LogP contribution in [-0.4, -0.2) is 52.7 Å². The van der Waals surface area contributed by atoms with Gasteiger partial charge in [-0.3, -0.25) is 4.79 Å². The van der Waals surface area contributed by atoms with E-state index < -0.39 is 38.5 Å². The third-order valence-corrected chi connectivity index (χ3v) is 7.22. The van der Waals surface area contributed by atoms with Crippen LogP contribution in [0.3, 0.4) is 0 Å². The lowest BCUT2D eigenvalue weighted by atomic mass is 9.97. The van der Waals surface area contributed by atoms with Crippen molar-refractivity contribution in [1.82, 2.24) is 9.55 Å². The number of imidazole rings is 1. The first-order valence-corrected chi connectivity index (χ1v) is 10.8. The summed E-state index contributed by atoms with van der Waals surface area (Å²) in [6.07, 6.45) is -1.67. The van der Waals surface area contributed by atoms with Crippen molar-refractivity contribution in [2.75, 3.05) is 11.1 Å². The molecule has 28 heavy (non-hydrogen) atoms. The van der Waals surface area contributed by atoms with Crippen molar-refractivity contribution >= 4 is 39.3 Å². The maximum atomic E-state index is 12.9. The van der Waals surface area contributed by atoms with Crippen LogP contribution in [0.25, 0.3) is 0 Å². The highest BCUT2D eigenvalue weighted by molar-refractivity contribution is 7.92. The monoisotopic (exact) mass is 443 g/mol. The Morgan fingerprint density at radius 3 is 2.54 bits per heavy atom. The number of rotatable bonds is 10. The maximum absolute atomic E-state index is 12.9. The Balaban J connectivity index is 2.30. The molecule has 158 valence electrons. The molecule has 7 nitrogen and oxygen atoms in total. The standard InChI is InChI=1S/C16H21ClF3N3O4S/c1-3-28(26,27)11(6-10(8-24)9-4-5-9)13(25)14-21-7-12(23(14)2)22-15(17)16(18,19)20/h7-11,15,22H,3-6H2,1-2H3. The van der Waals surface area contributed by atoms with Crippen LogP contribution in [-0.2, 0) is 21.7 Å². The van der Waals surface area contributed by atoms with Crippen molar-refractivity contribution in [3.8, 4) is 0 Å². The summed E-state index contributed by atoms with van der Waals surface area (Å²) in [5.41, 5.74) is -2.41. The van der Waals surface area contributed by atoms with Crippen LogP contribution in [0.1, 0.15) is 36.8 Å². The average Bonchev–Trinajstić information content (AvgIpc) is 3.39. The summed E-state index contributed by atoms with van der Waals surface area (Å²) in [6, 6.07) is 0.